The minimum Gasteiger partial charge on any atom is -0.487 e. The molecule has 2 N–H and O–H groups in total. The first-order valence-electron chi connectivity index (χ1n) is 9.62. The number of carboxylic acids is 1. The van der Waals surface area contributed by atoms with Gasteiger partial charge in [-0.3, -0.25) is 4.79 Å². The Morgan fingerprint density at radius 1 is 1.19 bits per heavy atom. The number of hydrogen-bond acceptors (Lipinski definition) is 3. The van der Waals surface area contributed by atoms with Crippen LogP contribution < -0.4 is 10.1 Å². The van der Waals surface area contributed by atoms with Crippen LogP contribution in [0.25, 0.3) is 0 Å². The SMILES string of the molecule is O=C(O)C1CCCN(C(=O)NC2CC3(CCCC3)Oc3ccccc32)C1. The number of piperidine rings is 1. The molecule has 0 bridgehead atoms. The Labute approximate surface area is 153 Å². The van der Waals surface area contributed by atoms with Crippen LogP contribution in [0.3, 0.4) is 0 Å². The second kappa shape index (κ2) is 6.82. The van der Waals surface area contributed by atoms with Crippen molar-refractivity contribution in [2.75, 3.05) is 13.1 Å². The van der Waals surface area contributed by atoms with E-state index in [4.69, 9.17) is 4.74 Å². The molecule has 0 aromatic heterocycles. The van der Waals surface area contributed by atoms with Crippen molar-refractivity contribution in [1.82, 2.24) is 10.2 Å². The van der Waals surface area contributed by atoms with Gasteiger partial charge in [0.25, 0.3) is 0 Å². The fourth-order valence-electron chi connectivity index (χ4n) is 4.68. The van der Waals surface area contributed by atoms with Gasteiger partial charge in [-0.15, -0.1) is 0 Å². The summed E-state index contributed by atoms with van der Waals surface area (Å²) in [5.41, 5.74) is 0.850. The predicted molar refractivity (Wildman–Crippen MR) is 96.1 cm³/mol. The molecule has 4 rings (SSSR count). The lowest BCUT2D eigenvalue weighted by Crippen LogP contribution is -2.50. The summed E-state index contributed by atoms with van der Waals surface area (Å²) in [6.07, 6.45) is 6.54. The molecule has 2 heterocycles. The standard InChI is InChI=1S/C20H26N2O4/c23-18(24)14-6-5-11-22(13-14)19(25)21-16-12-20(9-3-4-10-20)26-17-8-2-1-7-15(16)17/h1-2,7-8,14,16H,3-6,9-13H2,(H,21,25)(H,23,24). The Kier molecular flexibility index (Phi) is 4.51. The summed E-state index contributed by atoms with van der Waals surface area (Å²) in [5.74, 6) is -0.408. The first-order chi connectivity index (χ1) is 12.6. The number of carbonyl (C=O) groups excluding carboxylic acids is 1. The number of benzene rings is 1. The van der Waals surface area contributed by atoms with Crippen molar-refractivity contribution in [3.63, 3.8) is 0 Å². The summed E-state index contributed by atoms with van der Waals surface area (Å²) in [6, 6.07) is 7.68. The molecular formula is C20H26N2O4. The number of likely N-dealkylation sites (tertiary alicyclic amines) is 1. The summed E-state index contributed by atoms with van der Waals surface area (Å²) in [4.78, 5) is 25.8. The van der Waals surface area contributed by atoms with Crippen molar-refractivity contribution < 1.29 is 19.4 Å². The van der Waals surface area contributed by atoms with E-state index in [9.17, 15) is 14.7 Å². The monoisotopic (exact) mass is 358 g/mol. The number of amides is 2. The van der Waals surface area contributed by atoms with Crippen LogP contribution in [0.1, 0.15) is 56.6 Å². The number of urea groups is 1. The van der Waals surface area contributed by atoms with Crippen LogP contribution in [-0.4, -0.2) is 40.7 Å². The number of para-hydroxylation sites is 1. The van der Waals surface area contributed by atoms with Gasteiger partial charge in [-0.1, -0.05) is 18.2 Å². The van der Waals surface area contributed by atoms with Crippen LogP contribution >= 0.6 is 0 Å². The number of nitrogens with zero attached hydrogens (tertiary/aromatic N) is 1. The minimum atomic E-state index is -0.816. The van der Waals surface area contributed by atoms with Gasteiger partial charge in [0.15, 0.2) is 0 Å². The maximum absolute atomic E-state index is 12.8. The van der Waals surface area contributed by atoms with Gasteiger partial charge >= 0.3 is 12.0 Å². The van der Waals surface area contributed by atoms with Gasteiger partial charge in [0.05, 0.1) is 12.0 Å². The zero-order chi connectivity index (χ0) is 18.1. The fraction of sp³-hybridized carbons (Fsp3) is 0.600. The number of carboxylic acid groups (broad SMARTS) is 1. The molecule has 2 aliphatic heterocycles. The molecule has 6 nitrogen and oxygen atoms in total. The normalized spacial score (nSPS) is 26.8. The van der Waals surface area contributed by atoms with Gasteiger partial charge in [0, 0.05) is 25.1 Å². The second-order valence-corrected chi connectivity index (χ2v) is 7.86. The van der Waals surface area contributed by atoms with Crippen LogP contribution in [0.4, 0.5) is 4.79 Å². The first-order valence-corrected chi connectivity index (χ1v) is 9.62. The molecule has 2 atom stereocenters. The molecule has 2 amide bonds. The number of rotatable bonds is 2. The van der Waals surface area contributed by atoms with Gasteiger partial charge in [-0.05, 0) is 44.6 Å². The molecule has 2 fully saturated rings. The third-order valence-electron chi connectivity index (χ3n) is 6.07. The molecule has 1 aromatic carbocycles. The number of nitrogens with one attached hydrogen (secondary N) is 1. The van der Waals surface area contributed by atoms with E-state index in [2.05, 4.69) is 5.32 Å². The smallest absolute Gasteiger partial charge is 0.317 e. The van der Waals surface area contributed by atoms with E-state index in [1.165, 1.54) is 0 Å². The van der Waals surface area contributed by atoms with Crippen molar-refractivity contribution in [1.29, 1.82) is 0 Å². The van der Waals surface area contributed by atoms with Gasteiger partial charge in [-0.25, -0.2) is 4.79 Å². The number of hydrogen-bond donors (Lipinski definition) is 2. The van der Waals surface area contributed by atoms with Crippen molar-refractivity contribution in [2.45, 2.75) is 56.6 Å². The Morgan fingerprint density at radius 3 is 2.73 bits per heavy atom. The molecule has 1 aromatic rings. The van der Waals surface area contributed by atoms with Crippen LogP contribution in [0.5, 0.6) is 5.75 Å². The average Bonchev–Trinajstić information content (AvgIpc) is 3.09. The fourth-order valence-corrected chi connectivity index (χ4v) is 4.68. The van der Waals surface area contributed by atoms with Gasteiger partial charge in [-0.2, -0.15) is 0 Å². The highest BCUT2D eigenvalue weighted by atomic mass is 16.5. The molecule has 1 aliphatic carbocycles. The zero-order valence-corrected chi connectivity index (χ0v) is 14.9. The van der Waals surface area contributed by atoms with E-state index in [-0.39, 0.29) is 24.2 Å². The second-order valence-electron chi connectivity index (χ2n) is 7.86. The molecule has 2 unspecified atom stereocenters. The minimum absolute atomic E-state index is 0.0873. The van der Waals surface area contributed by atoms with Crippen LogP contribution in [0.15, 0.2) is 24.3 Å². The Morgan fingerprint density at radius 2 is 1.96 bits per heavy atom. The largest absolute Gasteiger partial charge is 0.487 e. The van der Waals surface area contributed by atoms with Crippen LogP contribution in [-0.2, 0) is 4.79 Å². The number of aliphatic carboxylic acids is 1. The average molecular weight is 358 g/mol. The van der Waals surface area contributed by atoms with Crippen molar-refractivity contribution >= 4 is 12.0 Å². The third-order valence-corrected chi connectivity index (χ3v) is 6.07. The lowest BCUT2D eigenvalue weighted by Gasteiger charge is -2.41. The highest BCUT2D eigenvalue weighted by molar-refractivity contribution is 5.77. The molecular weight excluding hydrogens is 332 g/mol. The van der Waals surface area contributed by atoms with E-state index in [0.29, 0.717) is 13.0 Å². The number of carbonyl (C=O) groups is 2. The molecule has 1 saturated heterocycles. The Hall–Kier alpha value is -2.24. The van der Waals surface area contributed by atoms with E-state index in [0.717, 1.165) is 49.8 Å². The lowest BCUT2D eigenvalue weighted by atomic mass is 9.86. The number of fused-ring (bicyclic) bond motifs is 1. The first kappa shape index (κ1) is 17.2. The summed E-state index contributed by atoms with van der Waals surface area (Å²) in [7, 11) is 0. The van der Waals surface area contributed by atoms with E-state index < -0.39 is 11.9 Å². The molecule has 3 aliphatic rings. The lowest BCUT2D eigenvalue weighted by molar-refractivity contribution is -0.143. The third kappa shape index (κ3) is 3.24. The van der Waals surface area contributed by atoms with Crippen molar-refractivity contribution in [3.05, 3.63) is 29.8 Å². The van der Waals surface area contributed by atoms with Crippen LogP contribution in [0, 0.1) is 5.92 Å². The maximum Gasteiger partial charge on any atom is 0.317 e. The Bertz CT molecular complexity index is 699. The highest BCUT2D eigenvalue weighted by Gasteiger charge is 2.43. The Balaban J connectivity index is 1.51. The maximum atomic E-state index is 12.8. The molecule has 0 radical (unpaired) electrons. The van der Waals surface area contributed by atoms with E-state index >= 15 is 0 Å². The van der Waals surface area contributed by atoms with Crippen LogP contribution in [0.2, 0.25) is 0 Å². The van der Waals surface area contributed by atoms with Gasteiger partial charge in [0.2, 0.25) is 0 Å². The predicted octanol–water partition coefficient (Wildman–Crippen LogP) is 3.33. The highest BCUT2D eigenvalue weighted by Crippen LogP contribution is 2.47. The summed E-state index contributed by atoms with van der Waals surface area (Å²) >= 11 is 0. The van der Waals surface area contributed by atoms with Crippen molar-refractivity contribution in [2.24, 2.45) is 5.92 Å². The summed E-state index contributed by atoms with van der Waals surface area (Å²) in [5, 5.41) is 12.4. The van der Waals surface area contributed by atoms with Crippen molar-refractivity contribution in [3.8, 4) is 5.75 Å². The van der Waals surface area contributed by atoms with E-state index in [1.807, 2.05) is 24.3 Å². The number of ether oxygens (including phenoxy) is 1. The quantitative estimate of drug-likeness (QED) is 0.850. The van der Waals surface area contributed by atoms with Gasteiger partial charge in [0.1, 0.15) is 11.4 Å². The summed E-state index contributed by atoms with van der Waals surface area (Å²) in [6.45, 7) is 0.906. The molecule has 6 heteroatoms. The summed E-state index contributed by atoms with van der Waals surface area (Å²) < 4.78 is 6.34. The molecule has 1 saturated carbocycles. The molecule has 140 valence electrons. The van der Waals surface area contributed by atoms with E-state index in [1.54, 1.807) is 4.90 Å². The molecule has 1 spiro atoms. The topological polar surface area (TPSA) is 78.9 Å². The van der Waals surface area contributed by atoms with Gasteiger partial charge < -0.3 is 20.1 Å². The molecule has 26 heavy (non-hydrogen) atoms. The zero-order valence-electron chi connectivity index (χ0n) is 14.9.